The molecule has 3 aromatic rings. The Hall–Kier alpha value is -2.79. The predicted octanol–water partition coefficient (Wildman–Crippen LogP) is 4.45. The first-order valence-electron chi connectivity index (χ1n) is 7.71. The molecule has 6 heteroatoms. The van der Waals surface area contributed by atoms with E-state index in [9.17, 15) is 4.79 Å². The molecule has 0 unspecified atom stereocenters. The molecular formula is C19H17ClN2O3. The minimum atomic E-state index is -0.179. The number of ether oxygens (including phenoxy) is 1. The highest BCUT2D eigenvalue weighted by atomic mass is 35.5. The van der Waals surface area contributed by atoms with Crippen LogP contribution >= 0.6 is 11.6 Å². The number of benzene rings is 1. The maximum atomic E-state index is 12.0. The van der Waals surface area contributed by atoms with Gasteiger partial charge in [-0.15, -0.1) is 0 Å². The molecule has 1 aromatic carbocycles. The molecule has 0 radical (unpaired) electrons. The highest BCUT2D eigenvalue weighted by Crippen LogP contribution is 2.28. The number of ketones is 1. The molecule has 0 spiro atoms. The lowest BCUT2D eigenvalue weighted by atomic mass is 10.2. The van der Waals surface area contributed by atoms with Gasteiger partial charge >= 0.3 is 0 Å². The van der Waals surface area contributed by atoms with Crippen LogP contribution < -0.4 is 4.74 Å². The summed E-state index contributed by atoms with van der Waals surface area (Å²) in [5, 5.41) is 4.62. The molecule has 0 saturated heterocycles. The van der Waals surface area contributed by atoms with Gasteiger partial charge in [-0.3, -0.25) is 9.48 Å². The SMILES string of the molecule is Cc1cccc(Cl)c1OCc1ccc(/C=C/C(=O)c2ccn(C)n2)o1. The van der Waals surface area contributed by atoms with Gasteiger partial charge in [-0.1, -0.05) is 23.7 Å². The lowest BCUT2D eigenvalue weighted by Gasteiger charge is -2.09. The molecule has 0 aliphatic rings. The standard InChI is InChI=1S/C19H17ClN2O3/c1-13-4-3-5-16(20)19(13)24-12-15-7-6-14(25-15)8-9-18(23)17-10-11-22(2)21-17/h3-11H,12H2,1-2H3/b9-8+. The predicted molar refractivity (Wildman–Crippen MR) is 95.8 cm³/mol. The summed E-state index contributed by atoms with van der Waals surface area (Å²) in [6.07, 6.45) is 4.77. The highest BCUT2D eigenvalue weighted by Gasteiger charge is 2.08. The molecule has 0 saturated carbocycles. The number of hydrogen-bond donors (Lipinski definition) is 0. The molecule has 5 nitrogen and oxygen atoms in total. The summed E-state index contributed by atoms with van der Waals surface area (Å²) in [6.45, 7) is 2.19. The zero-order chi connectivity index (χ0) is 17.8. The third-order valence-corrected chi connectivity index (χ3v) is 3.87. The Bertz CT molecular complexity index is 904. The number of carbonyl (C=O) groups excluding carboxylic acids is 1. The van der Waals surface area contributed by atoms with Gasteiger partial charge in [0, 0.05) is 13.2 Å². The van der Waals surface area contributed by atoms with E-state index in [0.717, 1.165) is 5.56 Å². The molecule has 0 N–H and O–H groups in total. The zero-order valence-electron chi connectivity index (χ0n) is 13.9. The second-order valence-corrected chi connectivity index (χ2v) is 5.96. The number of nitrogens with zero attached hydrogens (tertiary/aromatic N) is 2. The number of allylic oxidation sites excluding steroid dienone is 1. The normalized spacial score (nSPS) is 11.2. The first-order valence-corrected chi connectivity index (χ1v) is 8.09. The third-order valence-electron chi connectivity index (χ3n) is 3.57. The van der Waals surface area contributed by atoms with Crippen LogP contribution in [0, 0.1) is 6.92 Å². The zero-order valence-corrected chi connectivity index (χ0v) is 14.7. The fourth-order valence-electron chi connectivity index (χ4n) is 2.29. The molecule has 0 bridgehead atoms. The van der Waals surface area contributed by atoms with Crippen LogP contribution in [0.2, 0.25) is 5.02 Å². The summed E-state index contributed by atoms with van der Waals surface area (Å²) in [5.41, 5.74) is 1.35. The van der Waals surface area contributed by atoms with Gasteiger partial charge in [-0.2, -0.15) is 5.10 Å². The van der Waals surface area contributed by atoms with E-state index in [1.54, 1.807) is 48.3 Å². The molecular weight excluding hydrogens is 340 g/mol. The van der Waals surface area contributed by atoms with Crippen LogP contribution in [0.5, 0.6) is 5.75 Å². The van der Waals surface area contributed by atoms with Crippen LogP contribution in [0.25, 0.3) is 6.08 Å². The second-order valence-electron chi connectivity index (χ2n) is 5.55. The minimum absolute atomic E-state index is 0.179. The van der Waals surface area contributed by atoms with E-state index in [1.807, 2.05) is 19.1 Å². The number of aromatic nitrogens is 2. The van der Waals surface area contributed by atoms with Crippen molar-refractivity contribution in [3.63, 3.8) is 0 Å². The van der Waals surface area contributed by atoms with Crippen LogP contribution in [0.4, 0.5) is 0 Å². The second kappa shape index (κ2) is 7.40. The molecule has 3 rings (SSSR count). The number of hydrogen-bond acceptors (Lipinski definition) is 4. The van der Waals surface area contributed by atoms with Gasteiger partial charge in [0.05, 0.1) is 5.02 Å². The van der Waals surface area contributed by atoms with Gasteiger partial charge in [0.25, 0.3) is 0 Å². The molecule has 0 atom stereocenters. The van der Waals surface area contributed by atoms with E-state index < -0.39 is 0 Å². The van der Waals surface area contributed by atoms with Crippen molar-refractivity contribution in [3.8, 4) is 5.75 Å². The van der Waals surface area contributed by atoms with Crippen LogP contribution in [0.1, 0.15) is 27.6 Å². The molecule has 2 aromatic heterocycles. The summed E-state index contributed by atoms with van der Waals surface area (Å²) >= 11 is 6.13. The van der Waals surface area contributed by atoms with Crippen LogP contribution in [0.3, 0.4) is 0 Å². The van der Waals surface area contributed by atoms with E-state index in [0.29, 0.717) is 28.0 Å². The summed E-state index contributed by atoms with van der Waals surface area (Å²) in [6, 6.07) is 10.8. The number of halogens is 1. The largest absolute Gasteiger partial charge is 0.484 e. The number of furan rings is 1. The number of aryl methyl sites for hydroxylation is 2. The monoisotopic (exact) mass is 356 g/mol. The number of carbonyl (C=O) groups is 1. The van der Waals surface area contributed by atoms with Crippen LogP contribution in [0.15, 0.2) is 53.1 Å². The van der Waals surface area contributed by atoms with Crippen molar-refractivity contribution < 1.29 is 13.9 Å². The Labute approximate surface area is 150 Å². The first kappa shape index (κ1) is 17.0. The van der Waals surface area contributed by atoms with Crippen LogP contribution in [-0.4, -0.2) is 15.6 Å². The van der Waals surface area contributed by atoms with Gasteiger partial charge in [0.2, 0.25) is 5.78 Å². The molecule has 0 aliphatic heterocycles. The quantitative estimate of drug-likeness (QED) is 0.483. The average Bonchev–Trinajstić information content (AvgIpc) is 3.21. The van der Waals surface area contributed by atoms with Gasteiger partial charge in [0.15, 0.2) is 0 Å². The van der Waals surface area contributed by atoms with Crippen molar-refractivity contribution in [2.45, 2.75) is 13.5 Å². The molecule has 25 heavy (non-hydrogen) atoms. The average molecular weight is 357 g/mol. The number of para-hydroxylation sites is 1. The van der Waals surface area contributed by atoms with Crippen molar-refractivity contribution in [3.05, 3.63) is 76.5 Å². The summed E-state index contributed by atoms with van der Waals surface area (Å²) in [7, 11) is 1.76. The topological polar surface area (TPSA) is 57.3 Å². The van der Waals surface area contributed by atoms with E-state index >= 15 is 0 Å². The Morgan fingerprint density at radius 1 is 1.32 bits per heavy atom. The van der Waals surface area contributed by atoms with Gasteiger partial charge < -0.3 is 9.15 Å². The fraction of sp³-hybridized carbons (Fsp3) is 0.158. The van der Waals surface area contributed by atoms with Crippen molar-refractivity contribution in [1.82, 2.24) is 9.78 Å². The molecule has 2 heterocycles. The molecule has 0 fully saturated rings. The Kier molecular flexibility index (Phi) is 5.05. The Balaban J connectivity index is 1.62. The molecule has 0 amide bonds. The fourth-order valence-corrected chi connectivity index (χ4v) is 2.57. The van der Waals surface area contributed by atoms with Crippen LogP contribution in [-0.2, 0) is 13.7 Å². The summed E-state index contributed by atoms with van der Waals surface area (Å²) < 4.78 is 13.0. The van der Waals surface area contributed by atoms with Gasteiger partial charge in [-0.05, 0) is 48.9 Å². The Morgan fingerprint density at radius 3 is 2.88 bits per heavy atom. The third kappa shape index (κ3) is 4.19. The van der Waals surface area contributed by atoms with Crippen molar-refractivity contribution in [2.75, 3.05) is 0 Å². The van der Waals surface area contributed by atoms with Crippen molar-refractivity contribution in [1.29, 1.82) is 0 Å². The van der Waals surface area contributed by atoms with E-state index in [4.69, 9.17) is 20.8 Å². The lowest BCUT2D eigenvalue weighted by molar-refractivity contribution is 0.104. The molecule has 0 aliphatic carbocycles. The lowest BCUT2D eigenvalue weighted by Crippen LogP contribution is -1.97. The van der Waals surface area contributed by atoms with Crippen molar-refractivity contribution >= 4 is 23.5 Å². The minimum Gasteiger partial charge on any atom is -0.484 e. The van der Waals surface area contributed by atoms with E-state index in [-0.39, 0.29) is 12.4 Å². The summed E-state index contributed by atoms with van der Waals surface area (Å²) in [5.74, 6) is 1.67. The van der Waals surface area contributed by atoms with E-state index in [1.165, 1.54) is 6.08 Å². The Morgan fingerprint density at radius 2 is 2.16 bits per heavy atom. The van der Waals surface area contributed by atoms with Crippen molar-refractivity contribution in [2.24, 2.45) is 7.05 Å². The highest BCUT2D eigenvalue weighted by molar-refractivity contribution is 6.32. The maximum absolute atomic E-state index is 12.0. The van der Waals surface area contributed by atoms with Gasteiger partial charge in [-0.25, -0.2) is 0 Å². The smallest absolute Gasteiger partial charge is 0.206 e. The van der Waals surface area contributed by atoms with Gasteiger partial charge in [0.1, 0.15) is 29.6 Å². The number of rotatable bonds is 6. The summed E-state index contributed by atoms with van der Waals surface area (Å²) in [4.78, 5) is 12.0. The molecule has 128 valence electrons. The first-order chi connectivity index (χ1) is 12.0. The van der Waals surface area contributed by atoms with E-state index in [2.05, 4.69) is 5.10 Å². The maximum Gasteiger partial charge on any atom is 0.206 e.